The fourth-order valence-corrected chi connectivity index (χ4v) is 4.31. The minimum absolute atomic E-state index is 0.130. The van der Waals surface area contributed by atoms with E-state index in [4.69, 9.17) is 0 Å². The summed E-state index contributed by atoms with van der Waals surface area (Å²) in [6, 6.07) is 16.0. The molecule has 3 aromatic rings. The number of hydrogen-bond acceptors (Lipinski definition) is 4. The highest BCUT2D eigenvalue weighted by Gasteiger charge is 2.36. The van der Waals surface area contributed by atoms with E-state index in [0.29, 0.717) is 35.0 Å². The van der Waals surface area contributed by atoms with Gasteiger partial charge in [0, 0.05) is 5.39 Å². The van der Waals surface area contributed by atoms with Gasteiger partial charge in [0.05, 0.1) is 16.5 Å². The molecule has 7 heteroatoms. The maximum atomic E-state index is 12.3. The summed E-state index contributed by atoms with van der Waals surface area (Å²) in [5, 5.41) is 9.75. The van der Waals surface area contributed by atoms with Crippen molar-refractivity contribution in [1.82, 2.24) is 4.98 Å². The van der Waals surface area contributed by atoms with Gasteiger partial charge in [-0.05, 0) is 36.1 Å². The van der Waals surface area contributed by atoms with Crippen LogP contribution in [0.3, 0.4) is 0 Å². The van der Waals surface area contributed by atoms with Crippen molar-refractivity contribution in [2.75, 3.05) is 4.72 Å². The van der Waals surface area contributed by atoms with E-state index in [1.807, 2.05) is 36.4 Å². The molecule has 1 aliphatic rings. The number of aromatic carboxylic acids is 1. The van der Waals surface area contributed by atoms with Gasteiger partial charge in [0.25, 0.3) is 0 Å². The first-order valence-electron chi connectivity index (χ1n) is 8.20. The SMILES string of the molecule is O=C(O)c1cc(-c2ccccc2)c2cccc(NS(=O)(=O)C3CC3)c2n1. The zero-order valence-electron chi connectivity index (χ0n) is 13.7. The molecular formula is C19H16N2O4S. The van der Waals surface area contributed by atoms with Crippen LogP contribution in [0.15, 0.2) is 54.6 Å². The normalized spacial score (nSPS) is 14.3. The van der Waals surface area contributed by atoms with Gasteiger partial charge in [-0.15, -0.1) is 0 Å². The van der Waals surface area contributed by atoms with E-state index in [0.717, 1.165) is 5.56 Å². The molecule has 0 unspecified atom stereocenters. The highest BCUT2D eigenvalue weighted by atomic mass is 32.2. The molecule has 0 aliphatic heterocycles. The van der Waals surface area contributed by atoms with Crippen molar-refractivity contribution in [1.29, 1.82) is 0 Å². The van der Waals surface area contributed by atoms with Crippen LogP contribution in [0.25, 0.3) is 22.0 Å². The van der Waals surface area contributed by atoms with Crippen LogP contribution in [0.1, 0.15) is 23.3 Å². The van der Waals surface area contributed by atoms with Gasteiger partial charge < -0.3 is 5.11 Å². The quantitative estimate of drug-likeness (QED) is 0.718. The Morgan fingerprint density at radius 1 is 1.08 bits per heavy atom. The number of rotatable bonds is 5. The fourth-order valence-electron chi connectivity index (χ4n) is 2.91. The van der Waals surface area contributed by atoms with Gasteiger partial charge >= 0.3 is 5.97 Å². The number of anilines is 1. The summed E-state index contributed by atoms with van der Waals surface area (Å²) < 4.78 is 27.2. The first-order valence-corrected chi connectivity index (χ1v) is 9.74. The van der Waals surface area contributed by atoms with Gasteiger partial charge in [-0.3, -0.25) is 4.72 Å². The average Bonchev–Trinajstić information content (AvgIpc) is 3.47. The van der Waals surface area contributed by atoms with Crippen LogP contribution in [0.2, 0.25) is 0 Å². The van der Waals surface area contributed by atoms with Crippen molar-refractivity contribution in [2.45, 2.75) is 18.1 Å². The number of carboxylic acid groups (broad SMARTS) is 1. The lowest BCUT2D eigenvalue weighted by Gasteiger charge is -2.13. The Kier molecular flexibility index (Phi) is 3.88. The number of sulfonamides is 1. The average molecular weight is 368 g/mol. The summed E-state index contributed by atoms with van der Waals surface area (Å²) in [4.78, 5) is 15.7. The second kappa shape index (κ2) is 6.10. The number of hydrogen-bond donors (Lipinski definition) is 2. The molecular weight excluding hydrogens is 352 g/mol. The number of aromatic nitrogens is 1. The summed E-state index contributed by atoms with van der Waals surface area (Å²) in [6.45, 7) is 0. The Hall–Kier alpha value is -2.93. The summed E-state index contributed by atoms with van der Waals surface area (Å²) in [6.07, 6.45) is 1.28. The predicted molar refractivity (Wildman–Crippen MR) is 99.7 cm³/mol. The monoisotopic (exact) mass is 368 g/mol. The molecule has 1 fully saturated rings. The van der Waals surface area contributed by atoms with Gasteiger partial charge in [0.1, 0.15) is 5.69 Å². The molecule has 6 nitrogen and oxygen atoms in total. The molecule has 0 saturated heterocycles. The third-order valence-corrected chi connectivity index (χ3v) is 6.21. The molecule has 4 rings (SSSR count). The Morgan fingerprint density at radius 3 is 2.46 bits per heavy atom. The molecule has 0 spiro atoms. The fraction of sp³-hybridized carbons (Fsp3) is 0.158. The Balaban J connectivity index is 1.95. The van der Waals surface area contributed by atoms with Gasteiger partial charge in [-0.25, -0.2) is 18.2 Å². The smallest absolute Gasteiger partial charge is 0.354 e. The van der Waals surface area contributed by atoms with Crippen LogP contribution in [0, 0.1) is 0 Å². The summed E-state index contributed by atoms with van der Waals surface area (Å²) >= 11 is 0. The van der Waals surface area contributed by atoms with Crippen LogP contribution >= 0.6 is 0 Å². The van der Waals surface area contributed by atoms with Crippen LogP contribution in [-0.2, 0) is 10.0 Å². The van der Waals surface area contributed by atoms with E-state index in [-0.39, 0.29) is 10.9 Å². The van der Waals surface area contributed by atoms with Crippen LogP contribution in [-0.4, -0.2) is 29.7 Å². The van der Waals surface area contributed by atoms with E-state index >= 15 is 0 Å². The van der Waals surface area contributed by atoms with Crippen molar-refractivity contribution in [2.24, 2.45) is 0 Å². The molecule has 1 aliphatic carbocycles. The maximum absolute atomic E-state index is 12.3. The van der Waals surface area contributed by atoms with Crippen LogP contribution in [0.4, 0.5) is 5.69 Å². The van der Waals surface area contributed by atoms with Gasteiger partial charge in [0.15, 0.2) is 0 Å². The number of para-hydroxylation sites is 1. The lowest BCUT2D eigenvalue weighted by Crippen LogP contribution is -2.18. The number of fused-ring (bicyclic) bond motifs is 1. The summed E-state index contributed by atoms with van der Waals surface area (Å²) in [5.74, 6) is -1.16. The zero-order valence-corrected chi connectivity index (χ0v) is 14.5. The third-order valence-electron chi connectivity index (χ3n) is 4.36. The lowest BCUT2D eigenvalue weighted by atomic mass is 9.99. The first-order chi connectivity index (χ1) is 12.5. The van der Waals surface area contributed by atoms with Gasteiger partial charge in [-0.1, -0.05) is 42.5 Å². The van der Waals surface area contributed by atoms with Crippen LogP contribution in [0.5, 0.6) is 0 Å². The Labute approximate surface area is 150 Å². The van der Waals surface area contributed by atoms with Crippen molar-refractivity contribution >= 4 is 32.6 Å². The lowest BCUT2D eigenvalue weighted by molar-refractivity contribution is 0.0691. The summed E-state index contributed by atoms with van der Waals surface area (Å²) in [5.41, 5.74) is 2.03. The van der Waals surface area contributed by atoms with Gasteiger partial charge in [0.2, 0.25) is 10.0 Å². The largest absolute Gasteiger partial charge is 0.477 e. The van der Waals surface area contributed by atoms with Gasteiger partial charge in [-0.2, -0.15) is 0 Å². The molecule has 132 valence electrons. The minimum Gasteiger partial charge on any atom is -0.477 e. The standard InChI is InChI=1S/C19H16N2O4S/c22-19(23)17-11-15(12-5-2-1-3-6-12)14-7-4-8-16(18(14)20-17)21-26(24,25)13-9-10-13/h1-8,11,13,21H,9-10H2,(H,22,23). The summed E-state index contributed by atoms with van der Waals surface area (Å²) in [7, 11) is -3.48. The van der Waals surface area contributed by atoms with E-state index in [1.54, 1.807) is 12.1 Å². The topological polar surface area (TPSA) is 96.4 Å². The van der Waals surface area contributed by atoms with Crippen molar-refractivity contribution < 1.29 is 18.3 Å². The second-order valence-corrected chi connectivity index (χ2v) is 8.24. The van der Waals surface area contributed by atoms with E-state index in [1.165, 1.54) is 6.07 Å². The van der Waals surface area contributed by atoms with E-state index in [9.17, 15) is 18.3 Å². The molecule has 0 atom stereocenters. The zero-order chi connectivity index (χ0) is 18.3. The minimum atomic E-state index is -3.48. The highest BCUT2D eigenvalue weighted by Crippen LogP contribution is 2.35. The van der Waals surface area contributed by atoms with Crippen LogP contribution < -0.4 is 4.72 Å². The molecule has 1 saturated carbocycles. The molecule has 0 amide bonds. The molecule has 0 bridgehead atoms. The van der Waals surface area contributed by atoms with Crippen molar-refractivity contribution in [3.8, 4) is 11.1 Å². The Morgan fingerprint density at radius 2 is 1.81 bits per heavy atom. The predicted octanol–water partition coefficient (Wildman–Crippen LogP) is 3.50. The van der Waals surface area contributed by atoms with E-state index < -0.39 is 16.0 Å². The number of pyridine rings is 1. The first kappa shape index (κ1) is 16.5. The number of carbonyl (C=O) groups is 1. The molecule has 1 heterocycles. The van der Waals surface area contributed by atoms with E-state index in [2.05, 4.69) is 9.71 Å². The third kappa shape index (κ3) is 3.01. The molecule has 0 radical (unpaired) electrons. The second-order valence-electron chi connectivity index (χ2n) is 6.27. The Bertz CT molecular complexity index is 1110. The number of benzene rings is 2. The molecule has 26 heavy (non-hydrogen) atoms. The number of nitrogens with zero attached hydrogens (tertiary/aromatic N) is 1. The number of carboxylic acids is 1. The maximum Gasteiger partial charge on any atom is 0.354 e. The molecule has 2 aromatic carbocycles. The molecule has 1 aromatic heterocycles. The number of nitrogens with one attached hydrogen (secondary N) is 1. The van der Waals surface area contributed by atoms with Crippen molar-refractivity contribution in [3.63, 3.8) is 0 Å². The highest BCUT2D eigenvalue weighted by molar-refractivity contribution is 7.93. The molecule has 2 N–H and O–H groups in total. The van der Waals surface area contributed by atoms with Crippen molar-refractivity contribution in [3.05, 3.63) is 60.3 Å².